The van der Waals surface area contributed by atoms with Gasteiger partial charge in [0, 0.05) is 17.5 Å². The molecule has 0 saturated heterocycles. The lowest BCUT2D eigenvalue weighted by molar-refractivity contribution is -0.113. The number of fused-ring (bicyclic) bond motifs is 5. The summed E-state index contributed by atoms with van der Waals surface area (Å²) in [6.45, 7) is 4.80. The Morgan fingerprint density at radius 2 is 2.19 bits per heavy atom. The van der Waals surface area contributed by atoms with Gasteiger partial charge in [-0.1, -0.05) is 29.6 Å². The number of amides is 1. The minimum atomic E-state index is -0.225. The number of ether oxygens (including phenoxy) is 1. The molecule has 160 valence electrons. The van der Waals surface area contributed by atoms with Crippen LogP contribution in [0.4, 0.5) is 5.82 Å². The number of thioether (sulfide) groups is 2. The number of nitrogens with one attached hydrogen (secondary N) is 1. The normalized spacial score (nSPS) is 15.3. The first kappa shape index (κ1) is 20.7. The lowest BCUT2D eigenvalue weighted by atomic mass is 9.94. The topological polar surface area (TPSA) is 94.3 Å². The van der Waals surface area contributed by atoms with Crippen molar-refractivity contribution in [1.82, 2.24) is 24.6 Å². The molecule has 0 unspecified atom stereocenters. The van der Waals surface area contributed by atoms with Crippen molar-refractivity contribution in [3.05, 3.63) is 34.8 Å². The molecule has 0 saturated carbocycles. The second kappa shape index (κ2) is 8.05. The van der Waals surface area contributed by atoms with Gasteiger partial charge in [-0.25, -0.2) is 14.4 Å². The summed E-state index contributed by atoms with van der Waals surface area (Å²) < 4.78 is 7.95. The molecule has 0 aliphatic carbocycles. The second-order valence-electron chi connectivity index (χ2n) is 7.70. The van der Waals surface area contributed by atoms with Crippen LogP contribution in [0.2, 0.25) is 0 Å². The summed E-state index contributed by atoms with van der Waals surface area (Å²) >= 11 is 4.54. The van der Waals surface area contributed by atoms with E-state index in [9.17, 15) is 4.79 Å². The number of thiophene rings is 1. The van der Waals surface area contributed by atoms with Gasteiger partial charge in [-0.2, -0.15) is 0 Å². The molecule has 31 heavy (non-hydrogen) atoms. The van der Waals surface area contributed by atoms with E-state index in [-0.39, 0.29) is 17.3 Å². The molecule has 5 heterocycles. The van der Waals surface area contributed by atoms with E-state index in [4.69, 9.17) is 9.72 Å². The number of aromatic nitrogens is 5. The Kier molecular flexibility index (Phi) is 5.37. The molecule has 0 bridgehead atoms. The number of carbonyl (C=O) groups is 1. The molecule has 0 aromatic carbocycles. The van der Waals surface area contributed by atoms with E-state index in [0.29, 0.717) is 17.6 Å². The number of hydrogen-bond acceptors (Lipinski definition) is 9. The van der Waals surface area contributed by atoms with E-state index >= 15 is 0 Å². The minimum absolute atomic E-state index is 0.146. The maximum absolute atomic E-state index is 12.4. The maximum Gasteiger partial charge on any atom is 0.236 e. The van der Waals surface area contributed by atoms with Crippen molar-refractivity contribution >= 4 is 62.4 Å². The molecule has 8 nitrogen and oxygen atoms in total. The van der Waals surface area contributed by atoms with Crippen LogP contribution in [0.1, 0.15) is 24.3 Å². The molecule has 1 aliphatic rings. The highest BCUT2D eigenvalue weighted by Gasteiger charge is 2.31. The summed E-state index contributed by atoms with van der Waals surface area (Å²) in [5.41, 5.74) is 1.81. The molecule has 0 radical (unpaired) electrons. The predicted molar refractivity (Wildman–Crippen MR) is 124 cm³/mol. The third kappa shape index (κ3) is 3.91. The molecule has 1 N–H and O–H groups in total. The third-order valence-corrected chi connectivity index (χ3v) is 7.63. The third-order valence-electron chi connectivity index (χ3n) is 4.96. The van der Waals surface area contributed by atoms with Crippen LogP contribution in [0.25, 0.3) is 15.9 Å². The molecular weight excluding hydrogens is 452 g/mol. The lowest BCUT2D eigenvalue weighted by Gasteiger charge is -2.30. The Balaban J connectivity index is 1.49. The van der Waals surface area contributed by atoms with Gasteiger partial charge in [-0.15, -0.1) is 21.5 Å². The first-order valence-corrected chi connectivity index (χ1v) is 12.7. The zero-order valence-corrected chi connectivity index (χ0v) is 19.7. The number of hydrogen-bond donors (Lipinski definition) is 1. The van der Waals surface area contributed by atoms with Gasteiger partial charge < -0.3 is 10.1 Å². The zero-order chi connectivity index (χ0) is 21.6. The fourth-order valence-corrected chi connectivity index (χ4v) is 6.05. The van der Waals surface area contributed by atoms with Crippen molar-refractivity contribution in [2.24, 2.45) is 0 Å². The van der Waals surface area contributed by atoms with Crippen LogP contribution >= 0.6 is 34.9 Å². The highest BCUT2D eigenvalue weighted by Crippen LogP contribution is 2.41. The summed E-state index contributed by atoms with van der Waals surface area (Å²) in [5.74, 6) is 0.584. The highest BCUT2D eigenvalue weighted by molar-refractivity contribution is 8.00. The van der Waals surface area contributed by atoms with E-state index in [0.717, 1.165) is 27.4 Å². The Morgan fingerprint density at radius 1 is 1.32 bits per heavy atom. The van der Waals surface area contributed by atoms with Crippen LogP contribution in [0.15, 0.2) is 34.7 Å². The van der Waals surface area contributed by atoms with Crippen molar-refractivity contribution in [2.75, 3.05) is 17.3 Å². The summed E-state index contributed by atoms with van der Waals surface area (Å²) in [5, 5.41) is 14.2. The van der Waals surface area contributed by atoms with Crippen LogP contribution in [0.3, 0.4) is 0 Å². The van der Waals surface area contributed by atoms with E-state index < -0.39 is 0 Å². The summed E-state index contributed by atoms with van der Waals surface area (Å²) in [7, 11) is 0. The van der Waals surface area contributed by atoms with Gasteiger partial charge >= 0.3 is 0 Å². The van der Waals surface area contributed by atoms with E-state index in [1.807, 2.05) is 16.7 Å². The molecular formula is C20H20N6O2S3. The first-order valence-electron chi connectivity index (χ1n) is 9.66. The van der Waals surface area contributed by atoms with Crippen molar-refractivity contribution in [3.63, 3.8) is 0 Å². The molecule has 0 spiro atoms. The van der Waals surface area contributed by atoms with Crippen molar-refractivity contribution < 1.29 is 9.53 Å². The Morgan fingerprint density at radius 3 is 2.97 bits per heavy atom. The monoisotopic (exact) mass is 472 g/mol. The van der Waals surface area contributed by atoms with Gasteiger partial charge in [0.15, 0.2) is 16.0 Å². The Labute approximate surface area is 191 Å². The summed E-state index contributed by atoms with van der Waals surface area (Å²) in [6.07, 6.45) is 4.43. The summed E-state index contributed by atoms with van der Waals surface area (Å²) in [6, 6.07) is 5.39. The van der Waals surface area contributed by atoms with Crippen LogP contribution in [0, 0.1) is 0 Å². The zero-order valence-electron chi connectivity index (χ0n) is 17.2. The van der Waals surface area contributed by atoms with Crippen LogP contribution in [-0.4, -0.2) is 48.1 Å². The number of pyridine rings is 1. The SMILES string of the molecule is CSc1nc2sc3c(c2c2nnc(SCC(=O)Nc4ccccn4)n12)CC(C)(C)OC3. The molecule has 1 aliphatic heterocycles. The Hall–Kier alpha value is -2.21. The number of rotatable bonds is 5. The largest absolute Gasteiger partial charge is 0.370 e. The van der Waals surface area contributed by atoms with Gasteiger partial charge in [0.2, 0.25) is 5.91 Å². The number of carbonyl (C=O) groups excluding carboxylic acids is 1. The van der Waals surface area contributed by atoms with E-state index in [2.05, 4.69) is 34.3 Å². The van der Waals surface area contributed by atoms with Gasteiger partial charge in [-0.05, 0) is 37.8 Å². The lowest BCUT2D eigenvalue weighted by Crippen LogP contribution is -2.31. The fraction of sp³-hybridized carbons (Fsp3) is 0.350. The maximum atomic E-state index is 12.4. The van der Waals surface area contributed by atoms with Gasteiger partial charge in [0.05, 0.1) is 23.3 Å². The standard InChI is InChI=1S/C20H20N6O2S3/c1-20(2)8-11-12(9-28-20)31-17-15(11)16-24-25-19(26(16)18(23-17)29-3)30-10-14(27)22-13-6-4-5-7-21-13/h4-7H,8-10H2,1-3H3,(H,21,22,27). The molecule has 11 heteroatoms. The molecule has 0 fully saturated rings. The molecule has 4 aromatic rings. The quantitative estimate of drug-likeness (QED) is 0.344. The minimum Gasteiger partial charge on any atom is -0.370 e. The fourth-order valence-electron chi connectivity index (χ4n) is 3.57. The van der Waals surface area contributed by atoms with Crippen LogP contribution < -0.4 is 5.32 Å². The molecule has 5 rings (SSSR count). The predicted octanol–water partition coefficient (Wildman–Crippen LogP) is 4.04. The van der Waals surface area contributed by atoms with Gasteiger partial charge in [-0.3, -0.25) is 4.79 Å². The van der Waals surface area contributed by atoms with Crippen molar-refractivity contribution in [2.45, 2.75) is 42.8 Å². The first-order chi connectivity index (χ1) is 14.9. The van der Waals surface area contributed by atoms with Gasteiger partial charge in [0.25, 0.3) is 0 Å². The number of nitrogens with zero attached hydrogens (tertiary/aromatic N) is 5. The molecule has 1 amide bonds. The average Bonchev–Trinajstić information content (AvgIpc) is 3.32. The van der Waals surface area contributed by atoms with Crippen LogP contribution in [0.5, 0.6) is 0 Å². The smallest absolute Gasteiger partial charge is 0.236 e. The van der Waals surface area contributed by atoms with E-state index in [1.54, 1.807) is 29.7 Å². The molecule has 4 aromatic heterocycles. The molecule has 0 atom stereocenters. The Bertz CT molecular complexity index is 1280. The number of anilines is 1. The average molecular weight is 473 g/mol. The van der Waals surface area contributed by atoms with E-state index in [1.165, 1.54) is 34.0 Å². The summed E-state index contributed by atoms with van der Waals surface area (Å²) in [4.78, 5) is 23.5. The second-order valence-corrected chi connectivity index (χ2v) is 10.5. The van der Waals surface area contributed by atoms with Crippen molar-refractivity contribution in [1.29, 1.82) is 0 Å². The van der Waals surface area contributed by atoms with Gasteiger partial charge in [0.1, 0.15) is 10.6 Å². The van der Waals surface area contributed by atoms with Crippen LogP contribution in [-0.2, 0) is 22.6 Å². The highest BCUT2D eigenvalue weighted by atomic mass is 32.2. The van der Waals surface area contributed by atoms with Crippen molar-refractivity contribution in [3.8, 4) is 0 Å².